The predicted octanol–water partition coefficient (Wildman–Crippen LogP) is 4.49. The van der Waals surface area contributed by atoms with Crippen LogP contribution in [0, 0.1) is 11.2 Å². The summed E-state index contributed by atoms with van der Waals surface area (Å²) in [5.41, 5.74) is 1.62. The molecule has 6 rings (SSSR count). The Hall–Kier alpha value is -2.49. The van der Waals surface area contributed by atoms with Crippen molar-refractivity contribution in [3.8, 4) is 0 Å². The zero-order valence-corrected chi connectivity index (χ0v) is 23.6. The van der Waals surface area contributed by atoms with Gasteiger partial charge in [0.2, 0.25) is 15.9 Å². The molecule has 9 heteroatoms. The molecule has 4 saturated heterocycles. The largest absolute Gasteiger partial charge is 0.370 e. The van der Waals surface area contributed by atoms with Gasteiger partial charge in [-0.3, -0.25) is 9.69 Å². The number of likely N-dealkylation sites (tertiary alicyclic amines) is 1. The van der Waals surface area contributed by atoms with Crippen molar-refractivity contribution < 1.29 is 17.6 Å². The second-order valence-electron chi connectivity index (χ2n) is 11.8. The van der Waals surface area contributed by atoms with E-state index in [9.17, 15) is 17.6 Å². The van der Waals surface area contributed by atoms with Gasteiger partial charge in [0.15, 0.2) is 0 Å². The van der Waals surface area contributed by atoms with E-state index < -0.39 is 21.3 Å². The lowest BCUT2D eigenvalue weighted by Gasteiger charge is -2.38. The standard InChI is InChI=1S/C30H39FN4O3S/c1-23-4-2-3-17-34(23)27-13-18-32(22-27)25-7-9-26(10-8-25)35-21-16-30(29(35)36)14-19-33(20-15-30)39(37,38)28-11-5-24(31)6-12-28/h5-12,23,27H,2-4,13-22H2,1H3/t23-,27?/m0/s1. The highest BCUT2D eigenvalue weighted by atomic mass is 32.2. The van der Waals surface area contributed by atoms with Crippen molar-refractivity contribution in [3.05, 3.63) is 54.3 Å². The monoisotopic (exact) mass is 554 g/mol. The molecule has 0 N–H and O–H groups in total. The van der Waals surface area contributed by atoms with E-state index >= 15 is 0 Å². The van der Waals surface area contributed by atoms with Crippen molar-refractivity contribution in [2.24, 2.45) is 5.41 Å². The minimum Gasteiger partial charge on any atom is -0.370 e. The van der Waals surface area contributed by atoms with E-state index in [1.54, 1.807) is 0 Å². The molecule has 4 aliphatic rings. The van der Waals surface area contributed by atoms with Gasteiger partial charge in [0, 0.05) is 56.2 Å². The van der Waals surface area contributed by atoms with Crippen LogP contribution < -0.4 is 9.80 Å². The quantitative estimate of drug-likeness (QED) is 0.545. The van der Waals surface area contributed by atoms with Gasteiger partial charge >= 0.3 is 0 Å². The van der Waals surface area contributed by atoms with Crippen molar-refractivity contribution in [3.63, 3.8) is 0 Å². The summed E-state index contributed by atoms with van der Waals surface area (Å²) in [6.07, 6.45) is 6.91. The summed E-state index contributed by atoms with van der Waals surface area (Å²) < 4.78 is 40.8. The third-order valence-electron chi connectivity index (χ3n) is 9.66. The number of sulfonamides is 1. The first-order valence-corrected chi connectivity index (χ1v) is 15.9. The van der Waals surface area contributed by atoms with E-state index in [0.29, 0.717) is 44.6 Å². The van der Waals surface area contributed by atoms with Crippen LogP contribution in [0.5, 0.6) is 0 Å². The molecule has 0 aromatic heterocycles. The summed E-state index contributed by atoms with van der Waals surface area (Å²) >= 11 is 0. The maximum absolute atomic E-state index is 13.6. The van der Waals surface area contributed by atoms with Gasteiger partial charge in [0.05, 0.1) is 10.3 Å². The van der Waals surface area contributed by atoms with Crippen LogP contribution in [0.15, 0.2) is 53.4 Å². The van der Waals surface area contributed by atoms with E-state index in [0.717, 1.165) is 25.2 Å². The first kappa shape index (κ1) is 26.7. The maximum atomic E-state index is 13.6. The minimum absolute atomic E-state index is 0.0917. The summed E-state index contributed by atoms with van der Waals surface area (Å²) in [7, 11) is -3.70. The molecule has 2 aromatic carbocycles. The summed E-state index contributed by atoms with van der Waals surface area (Å²) in [6.45, 7) is 6.96. The number of hydrogen-bond acceptors (Lipinski definition) is 5. The second-order valence-corrected chi connectivity index (χ2v) is 13.8. The summed E-state index contributed by atoms with van der Waals surface area (Å²) in [5.74, 6) is -0.359. The van der Waals surface area contributed by atoms with Gasteiger partial charge in [-0.25, -0.2) is 12.8 Å². The van der Waals surface area contributed by atoms with Gasteiger partial charge in [-0.2, -0.15) is 4.31 Å². The third-order valence-corrected chi connectivity index (χ3v) is 11.6. The van der Waals surface area contributed by atoms with Crippen LogP contribution in [0.1, 0.15) is 51.9 Å². The maximum Gasteiger partial charge on any atom is 0.243 e. The Morgan fingerprint density at radius 2 is 1.49 bits per heavy atom. The molecule has 0 saturated carbocycles. The fourth-order valence-electron chi connectivity index (χ4n) is 7.19. The number of rotatable bonds is 5. The SMILES string of the molecule is C[C@H]1CCCCN1C1CCN(c2ccc(N3CCC4(CCN(S(=O)(=O)c5ccc(F)cc5)CC4)C3=O)cc2)C1. The molecule has 0 radical (unpaired) electrons. The van der Waals surface area contributed by atoms with Crippen LogP contribution in [-0.2, 0) is 14.8 Å². The first-order valence-electron chi connectivity index (χ1n) is 14.5. The molecule has 0 bridgehead atoms. The average Bonchev–Trinajstić information content (AvgIpc) is 3.55. The highest BCUT2D eigenvalue weighted by molar-refractivity contribution is 7.89. The molecule has 2 aromatic rings. The molecule has 4 heterocycles. The summed E-state index contributed by atoms with van der Waals surface area (Å²) in [4.78, 5) is 20.8. The summed E-state index contributed by atoms with van der Waals surface area (Å²) in [6, 6.07) is 14.7. The van der Waals surface area contributed by atoms with Crippen molar-refractivity contribution in [2.45, 2.75) is 68.8 Å². The Balaban J connectivity index is 1.07. The van der Waals surface area contributed by atoms with E-state index in [-0.39, 0.29) is 10.8 Å². The summed E-state index contributed by atoms with van der Waals surface area (Å²) in [5, 5.41) is 0. The number of hydrogen-bond donors (Lipinski definition) is 0. The fraction of sp³-hybridized carbons (Fsp3) is 0.567. The molecule has 1 spiro atoms. The highest BCUT2D eigenvalue weighted by Gasteiger charge is 2.50. The molecule has 1 unspecified atom stereocenters. The molecular formula is C30H39FN4O3S. The molecule has 4 aliphatic heterocycles. The van der Waals surface area contributed by atoms with Gasteiger partial charge in [-0.15, -0.1) is 0 Å². The molecule has 0 aliphatic carbocycles. The van der Waals surface area contributed by atoms with Crippen LogP contribution >= 0.6 is 0 Å². The van der Waals surface area contributed by atoms with Crippen LogP contribution in [0.2, 0.25) is 0 Å². The minimum atomic E-state index is -3.70. The molecular weight excluding hydrogens is 515 g/mol. The van der Waals surface area contributed by atoms with Crippen LogP contribution in [0.4, 0.5) is 15.8 Å². The van der Waals surface area contributed by atoms with Gasteiger partial charge in [-0.1, -0.05) is 6.42 Å². The zero-order valence-electron chi connectivity index (χ0n) is 22.8. The second kappa shape index (κ2) is 10.5. The molecule has 210 valence electrons. The molecule has 39 heavy (non-hydrogen) atoms. The lowest BCUT2D eigenvalue weighted by atomic mass is 9.77. The number of carbonyl (C=O) groups is 1. The first-order chi connectivity index (χ1) is 18.8. The Morgan fingerprint density at radius 3 is 2.18 bits per heavy atom. The van der Waals surface area contributed by atoms with E-state index in [4.69, 9.17) is 0 Å². The van der Waals surface area contributed by atoms with E-state index in [1.807, 2.05) is 4.90 Å². The predicted molar refractivity (Wildman–Crippen MR) is 151 cm³/mol. The lowest BCUT2D eigenvalue weighted by molar-refractivity contribution is -0.127. The van der Waals surface area contributed by atoms with E-state index in [2.05, 4.69) is 41.0 Å². The highest BCUT2D eigenvalue weighted by Crippen LogP contribution is 2.44. The average molecular weight is 555 g/mol. The molecule has 2 atom stereocenters. The number of amides is 1. The topological polar surface area (TPSA) is 64.2 Å². The van der Waals surface area contributed by atoms with Gasteiger partial charge in [0.25, 0.3) is 0 Å². The number of piperidine rings is 2. The number of nitrogens with zero attached hydrogens (tertiary/aromatic N) is 4. The fourth-order valence-corrected chi connectivity index (χ4v) is 8.64. The van der Waals surface area contributed by atoms with Crippen molar-refractivity contribution in [1.29, 1.82) is 0 Å². The Morgan fingerprint density at radius 1 is 0.821 bits per heavy atom. The molecule has 1 amide bonds. The lowest BCUT2D eigenvalue weighted by Crippen LogP contribution is -2.46. The Labute approximate surface area is 231 Å². The molecule has 4 fully saturated rings. The normalized spacial score (nSPS) is 26.6. The Bertz CT molecular complexity index is 1290. The van der Waals surface area contributed by atoms with Gasteiger partial charge in [0.1, 0.15) is 5.82 Å². The van der Waals surface area contributed by atoms with Gasteiger partial charge < -0.3 is 9.80 Å². The number of benzene rings is 2. The van der Waals surface area contributed by atoms with Gasteiger partial charge in [-0.05, 0) is 101 Å². The number of carbonyl (C=O) groups excluding carboxylic acids is 1. The van der Waals surface area contributed by atoms with Crippen molar-refractivity contribution in [2.75, 3.05) is 49.1 Å². The van der Waals surface area contributed by atoms with Crippen molar-refractivity contribution >= 4 is 27.3 Å². The molecule has 7 nitrogen and oxygen atoms in total. The van der Waals surface area contributed by atoms with Crippen molar-refractivity contribution in [1.82, 2.24) is 9.21 Å². The third kappa shape index (κ3) is 4.98. The van der Waals surface area contributed by atoms with Crippen LogP contribution in [-0.4, -0.2) is 74.9 Å². The van der Waals surface area contributed by atoms with Crippen LogP contribution in [0.25, 0.3) is 0 Å². The Kier molecular flexibility index (Phi) is 7.18. The number of anilines is 2. The van der Waals surface area contributed by atoms with E-state index in [1.165, 1.54) is 66.5 Å². The number of halogens is 1. The van der Waals surface area contributed by atoms with Crippen LogP contribution in [0.3, 0.4) is 0 Å². The zero-order chi connectivity index (χ0) is 27.2. The smallest absolute Gasteiger partial charge is 0.243 e.